The van der Waals surface area contributed by atoms with Gasteiger partial charge in [0.2, 0.25) is 0 Å². The van der Waals surface area contributed by atoms with Crippen molar-refractivity contribution < 1.29 is 9.53 Å². The maximum atomic E-state index is 13.3. The Morgan fingerprint density at radius 3 is 2.79 bits per heavy atom. The first-order chi connectivity index (χ1) is 14.1. The summed E-state index contributed by atoms with van der Waals surface area (Å²) in [5.74, 6) is -0.140. The summed E-state index contributed by atoms with van der Waals surface area (Å²) >= 11 is 7.85. The van der Waals surface area contributed by atoms with Gasteiger partial charge >= 0.3 is 0 Å². The molecular weight excluding hydrogens is 410 g/mol. The summed E-state index contributed by atoms with van der Waals surface area (Å²) in [4.78, 5) is 22.1. The first-order valence-electron chi connectivity index (χ1n) is 9.78. The maximum Gasteiger partial charge on any atom is 0.280 e. The lowest BCUT2D eigenvalue weighted by molar-refractivity contribution is 0.0391. The van der Waals surface area contributed by atoms with Crippen LogP contribution in [0.5, 0.6) is 0 Å². The minimum absolute atomic E-state index is 0.140. The molecule has 1 fully saturated rings. The topological polar surface area (TPSA) is 63.5 Å². The smallest absolute Gasteiger partial charge is 0.280 e. The average molecular weight is 434 g/mol. The highest BCUT2D eigenvalue weighted by molar-refractivity contribution is 7.23. The van der Waals surface area contributed by atoms with Gasteiger partial charge in [0.05, 0.1) is 28.5 Å². The summed E-state index contributed by atoms with van der Waals surface area (Å²) in [5.41, 5.74) is 2.32. The number of hydrogen-bond donors (Lipinski definition) is 0. The first kappa shape index (κ1) is 20.3. The van der Waals surface area contributed by atoms with Gasteiger partial charge in [-0.25, -0.2) is 4.98 Å². The number of rotatable bonds is 6. The molecule has 154 valence electrons. The molecular formula is C20H24ClN5O2S. The third-order valence-corrected chi connectivity index (χ3v) is 6.63. The molecule has 29 heavy (non-hydrogen) atoms. The van der Waals surface area contributed by atoms with E-state index in [9.17, 15) is 4.79 Å². The number of carbonyl (C=O) groups is 1. The normalized spacial score (nSPS) is 15.1. The van der Waals surface area contributed by atoms with Crippen molar-refractivity contribution in [2.24, 2.45) is 0 Å². The van der Waals surface area contributed by atoms with Crippen LogP contribution in [-0.4, -0.2) is 65.0 Å². The van der Waals surface area contributed by atoms with E-state index in [0.29, 0.717) is 22.4 Å². The Morgan fingerprint density at radius 1 is 1.31 bits per heavy atom. The van der Waals surface area contributed by atoms with E-state index in [1.165, 1.54) is 11.3 Å². The van der Waals surface area contributed by atoms with Crippen molar-refractivity contribution in [1.82, 2.24) is 19.7 Å². The van der Waals surface area contributed by atoms with E-state index in [-0.39, 0.29) is 5.91 Å². The van der Waals surface area contributed by atoms with Gasteiger partial charge in [-0.2, -0.15) is 5.10 Å². The van der Waals surface area contributed by atoms with Crippen molar-refractivity contribution in [3.05, 3.63) is 40.7 Å². The van der Waals surface area contributed by atoms with E-state index in [4.69, 9.17) is 21.3 Å². The van der Waals surface area contributed by atoms with E-state index < -0.39 is 0 Å². The van der Waals surface area contributed by atoms with Crippen molar-refractivity contribution >= 4 is 44.2 Å². The molecule has 0 bridgehead atoms. The van der Waals surface area contributed by atoms with Crippen LogP contribution in [0.15, 0.2) is 24.4 Å². The van der Waals surface area contributed by atoms with Crippen LogP contribution >= 0.6 is 22.9 Å². The van der Waals surface area contributed by atoms with E-state index >= 15 is 0 Å². The van der Waals surface area contributed by atoms with Crippen LogP contribution in [0.1, 0.15) is 23.0 Å². The summed E-state index contributed by atoms with van der Waals surface area (Å²) in [7, 11) is 0. The molecule has 0 radical (unpaired) electrons. The lowest BCUT2D eigenvalue weighted by atomic mass is 10.2. The van der Waals surface area contributed by atoms with Gasteiger partial charge in [-0.3, -0.25) is 19.3 Å². The molecule has 0 saturated carbocycles. The summed E-state index contributed by atoms with van der Waals surface area (Å²) in [6.07, 6.45) is 1.83. The Hall–Kier alpha value is -2.00. The molecule has 3 heterocycles. The molecule has 1 saturated heterocycles. The maximum absolute atomic E-state index is 13.3. The molecule has 7 nitrogen and oxygen atoms in total. The van der Waals surface area contributed by atoms with Crippen LogP contribution in [0.4, 0.5) is 5.13 Å². The fraction of sp³-hybridized carbons (Fsp3) is 0.450. The largest absolute Gasteiger partial charge is 0.379 e. The highest BCUT2D eigenvalue weighted by Gasteiger charge is 2.25. The third kappa shape index (κ3) is 4.30. The molecule has 1 aliphatic rings. The Kier molecular flexibility index (Phi) is 6.15. The summed E-state index contributed by atoms with van der Waals surface area (Å²) in [5, 5.41) is 5.71. The number of hydrogen-bond acceptors (Lipinski definition) is 6. The lowest BCUT2D eigenvalue weighted by Gasteiger charge is -2.29. The number of amides is 1. The van der Waals surface area contributed by atoms with Gasteiger partial charge in [-0.05, 0) is 31.5 Å². The predicted molar refractivity (Wildman–Crippen MR) is 116 cm³/mol. The number of aryl methyl sites for hydroxylation is 2. The highest BCUT2D eigenvalue weighted by atomic mass is 35.5. The van der Waals surface area contributed by atoms with Crippen LogP contribution in [0, 0.1) is 6.92 Å². The van der Waals surface area contributed by atoms with Gasteiger partial charge < -0.3 is 4.74 Å². The third-order valence-electron chi connectivity index (χ3n) is 5.09. The lowest BCUT2D eigenvalue weighted by Crippen LogP contribution is -2.43. The standard InChI is InChI=1S/C20H24ClN5O2S/c1-3-25-7-6-16(23-25)19(27)26(9-8-24-10-12-28-13-11-24)20-22-17-14(2)4-5-15(21)18(17)29-20/h4-7H,3,8-13H2,1-2H3. The molecule has 3 aromatic rings. The number of morpholine rings is 1. The van der Waals surface area contributed by atoms with Gasteiger partial charge in [0.1, 0.15) is 0 Å². The second-order valence-electron chi connectivity index (χ2n) is 7.01. The number of fused-ring (bicyclic) bond motifs is 1. The summed E-state index contributed by atoms with van der Waals surface area (Å²) in [6, 6.07) is 5.60. The van der Waals surface area contributed by atoms with Crippen molar-refractivity contribution in [2.75, 3.05) is 44.3 Å². The van der Waals surface area contributed by atoms with Crippen molar-refractivity contribution in [3.8, 4) is 0 Å². The number of ether oxygens (including phenoxy) is 1. The number of thiazole rings is 1. The Balaban J connectivity index is 1.66. The Labute approximate surface area is 178 Å². The van der Waals surface area contributed by atoms with Crippen LogP contribution in [-0.2, 0) is 11.3 Å². The van der Waals surface area contributed by atoms with E-state index in [1.807, 2.05) is 32.2 Å². The molecule has 0 atom stereocenters. The fourth-order valence-corrected chi connectivity index (χ4v) is 4.69. The van der Waals surface area contributed by atoms with Gasteiger partial charge in [0.25, 0.3) is 5.91 Å². The minimum Gasteiger partial charge on any atom is -0.379 e. The number of carbonyl (C=O) groups excluding carboxylic acids is 1. The second kappa shape index (κ2) is 8.79. The molecule has 0 unspecified atom stereocenters. The molecule has 1 aromatic carbocycles. The summed E-state index contributed by atoms with van der Waals surface area (Å²) < 4.78 is 8.09. The molecule has 1 amide bonds. The first-order valence-corrected chi connectivity index (χ1v) is 11.0. The molecule has 4 rings (SSSR count). The van der Waals surface area contributed by atoms with Crippen LogP contribution in [0.3, 0.4) is 0 Å². The number of aromatic nitrogens is 3. The van der Waals surface area contributed by atoms with Gasteiger partial charge in [0.15, 0.2) is 10.8 Å². The van der Waals surface area contributed by atoms with E-state index in [0.717, 1.165) is 55.2 Å². The van der Waals surface area contributed by atoms with E-state index in [1.54, 1.807) is 15.6 Å². The molecule has 0 spiro atoms. The predicted octanol–water partition coefficient (Wildman–Crippen LogP) is 3.45. The SMILES string of the molecule is CCn1ccc(C(=O)N(CCN2CCOCC2)c2nc3c(C)ccc(Cl)c3s2)n1. The highest BCUT2D eigenvalue weighted by Crippen LogP contribution is 2.36. The van der Waals surface area contributed by atoms with Crippen LogP contribution in [0.2, 0.25) is 5.02 Å². The van der Waals surface area contributed by atoms with Crippen LogP contribution < -0.4 is 4.90 Å². The second-order valence-corrected chi connectivity index (χ2v) is 8.39. The van der Waals surface area contributed by atoms with Gasteiger partial charge in [0, 0.05) is 38.9 Å². The number of anilines is 1. The Bertz CT molecular complexity index is 973. The van der Waals surface area contributed by atoms with Crippen LogP contribution in [0.25, 0.3) is 10.2 Å². The van der Waals surface area contributed by atoms with E-state index in [2.05, 4.69) is 10.00 Å². The summed E-state index contributed by atoms with van der Waals surface area (Å²) in [6.45, 7) is 9.21. The molecule has 0 aliphatic carbocycles. The van der Waals surface area contributed by atoms with Crippen molar-refractivity contribution in [1.29, 1.82) is 0 Å². The Morgan fingerprint density at radius 2 is 2.10 bits per heavy atom. The fourth-order valence-electron chi connectivity index (χ4n) is 3.35. The molecule has 9 heteroatoms. The number of benzene rings is 1. The zero-order valence-corrected chi connectivity index (χ0v) is 18.2. The quantitative estimate of drug-likeness (QED) is 0.595. The number of nitrogens with zero attached hydrogens (tertiary/aromatic N) is 5. The van der Waals surface area contributed by atoms with Gasteiger partial charge in [-0.15, -0.1) is 0 Å². The zero-order valence-electron chi connectivity index (χ0n) is 16.6. The number of halogens is 1. The monoisotopic (exact) mass is 433 g/mol. The van der Waals surface area contributed by atoms with Crippen molar-refractivity contribution in [2.45, 2.75) is 20.4 Å². The average Bonchev–Trinajstić information content (AvgIpc) is 3.40. The van der Waals surface area contributed by atoms with Crippen molar-refractivity contribution in [3.63, 3.8) is 0 Å². The zero-order chi connectivity index (χ0) is 20.4. The molecule has 2 aromatic heterocycles. The molecule has 1 aliphatic heterocycles. The van der Waals surface area contributed by atoms with Gasteiger partial charge in [-0.1, -0.05) is 29.0 Å². The minimum atomic E-state index is -0.140. The molecule has 0 N–H and O–H groups in total.